The van der Waals surface area contributed by atoms with E-state index in [2.05, 4.69) is 10.3 Å². The molecular weight excluding hydrogens is 276 g/mol. The lowest BCUT2D eigenvalue weighted by molar-refractivity contribution is -0.156. The summed E-state index contributed by atoms with van der Waals surface area (Å²) >= 11 is 1.49. The van der Waals surface area contributed by atoms with Gasteiger partial charge in [0.1, 0.15) is 5.92 Å². The van der Waals surface area contributed by atoms with E-state index in [1.165, 1.54) is 11.3 Å². The molecule has 0 fully saturated rings. The summed E-state index contributed by atoms with van der Waals surface area (Å²) in [7, 11) is 0. The average Bonchev–Trinajstić information content (AvgIpc) is 2.71. The van der Waals surface area contributed by atoms with E-state index >= 15 is 0 Å². The van der Waals surface area contributed by atoms with E-state index in [9.17, 15) is 9.59 Å². The van der Waals surface area contributed by atoms with Gasteiger partial charge in [-0.1, -0.05) is 20.8 Å². The normalized spacial score (nSPS) is 12.8. The number of rotatable bonds is 5. The molecule has 1 unspecified atom stereocenters. The van der Waals surface area contributed by atoms with Gasteiger partial charge in [0.2, 0.25) is 5.91 Å². The topological polar surface area (TPSA) is 68.3 Å². The van der Waals surface area contributed by atoms with Gasteiger partial charge in [-0.25, -0.2) is 4.98 Å². The summed E-state index contributed by atoms with van der Waals surface area (Å²) in [5.74, 6) is -1.59. The fourth-order valence-electron chi connectivity index (χ4n) is 1.84. The van der Waals surface area contributed by atoms with E-state index in [0.717, 1.165) is 10.6 Å². The third-order valence-corrected chi connectivity index (χ3v) is 3.85. The van der Waals surface area contributed by atoms with Gasteiger partial charge >= 0.3 is 5.97 Å². The van der Waals surface area contributed by atoms with Crippen LogP contribution in [0.15, 0.2) is 5.51 Å². The summed E-state index contributed by atoms with van der Waals surface area (Å²) in [6.07, 6.45) is 0. The van der Waals surface area contributed by atoms with Gasteiger partial charge in [0.25, 0.3) is 0 Å². The van der Waals surface area contributed by atoms with Crippen molar-refractivity contribution in [2.45, 2.75) is 41.2 Å². The van der Waals surface area contributed by atoms with Crippen LogP contribution in [-0.2, 0) is 20.9 Å². The Kier molecular flexibility index (Phi) is 5.68. The highest BCUT2D eigenvalue weighted by Gasteiger charge is 2.38. The van der Waals surface area contributed by atoms with Gasteiger partial charge in [0, 0.05) is 4.88 Å². The second kappa shape index (κ2) is 6.83. The first-order chi connectivity index (χ1) is 9.27. The molecule has 1 heterocycles. The SMILES string of the molecule is CCOC(=O)C(C(=O)NCc1scnc1C)C(C)(C)C. The number of hydrogen-bond acceptors (Lipinski definition) is 5. The first kappa shape index (κ1) is 16.6. The molecule has 0 saturated carbocycles. The zero-order valence-electron chi connectivity index (χ0n) is 12.6. The van der Waals surface area contributed by atoms with Crippen LogP contribution in [0.5, 0.6) is 0 Å². The maximum atomic E-state index is 12.3. The number of thiazole rings is 1. The number of amides is 1. The average molecular weight is 298 g/mol. The molecule has 0 aliphatic rings. The van der Waals surface area contributed by atoms with Gasteiger partial charge in [-0.15, -0.1) is 11.3 Å². The molecule has 0 bridgehead atoms. The Morgan fingerprint density at radius 3 is 2.55 bits per heavy atom. The Bertz CT molecular complexity index is 477. The van der Waals surface area contributed by atoms with Crippen molar-refractivity contribution in [1.29, 1.82) is 0 Å². The van der Waals surface area contributed by atoms with Crippen molar-refractivity contribution in [3.05, 3.63) is 16.1 Å². The number of nitrogens with zero attached hydrogens (tertiary/aromatic N) is 1. The van der Waals surface area contributed by atoms with Gasteiger partial charge in [0.05, 0.1) is 24.4 Å². The van der Waals surface area contributed by atoms with Crippen LogP contribution < -0.4 is 5.32 Å². The van der Waals surface area contributed by atoms with E-state index in [1.807, 2.05) is 27.7 Å². The Morgan fingerprint density at radius 2 is 2.10 bits per heavy atom. The molecule has 0 radical (unpaired) electrons. The van der Waals surface area contributed by atoms with Gasteiger partial charge < -0.3 is 10.1 Å². The van der Waals surface area contributed by atoms with Crippen LogP contribution in [0.3, 0.4) is 0 Å². The Hall–Kier alpha value is -1.43. The second-order valence-corrected chi connectivity index (χ2v) is 6.57. The minimum absolute atomic E-state index is 0.270. The summed E-state index contributed by atoms with van der Waals surface area (Å²) in [5, 5.41) is 2.80. The Balaban J connectivity index is 2.74. The van der Waals surface area contributed by atoms with Crippen molar-refractivity contribution in [1.82, 2.24) is 10.3 Å². The van der Waals surface area contributed by atoms with Gasteiger partial charge in [-0.05, 0) is 19.3 Å². The van der Waals surface area contributed by atoms with E-state index in [0.29, 0.717) is 6.54 Å². The molecule has 112 valence electrons. The maximum absolute atomic E-state index is 12.3. The van der Waals surface area contributed by atoms with E-state index in [1.54, 1.807) is 12.4 Å². The van der Waals surface area contributed by atoms with Crippen LogP contribution in [0.2, 0.25) is 0 Å². The quantitative estimate of drug-likeness (QED) is 0.669. The predicted octanol–water partition coefficient (Wildman–Crippen LogP) is 2.29. The Morgan fingerprint density at radius 1 is 1.45 bits per heavy atom. The minimum Gasteiger partial charge on any atom is -0.465 e. The van der Waals surface area contributed by atoms with E-state index < -0.39 is 17.3 Å². The molecule has 20 heavy (non-hydrogen) atoms. The van der Waals surface area contributed by atoms with Crippen LogP contribution in [0, 0.1) is 18.3 Å². The monoisotopic (exact) mass is 298 g/mol. The van der Waals surface area contributed by atoms with Crippen molar-refractivity contribution in [3.8, 4) is 0 Å². The smallest absolute Gasteiger partial charge is 0.319 e. The fourth-order valence-corrected chi connectivity index (χ4v) is 2.56. The second-order valence-electron chi connectivity index (χ2n) is 5.63. The van der Waals surface area contributed by atoms with Crippen molar-refractivity contribution in [3.63, 3.8) is 0 Å². The molecule has 5 nitrogen and oxygen atoms in total. The highest BCUT2D eigenvalue weighted by atomic mass is 32.1. The maximum Gasteiger partial charge on any atom is 0.319 e. The summed E-state index contributed by atoms with van der Waals surface area (Å²) in [6.45, 7) is 9.85. The van der Waals surface area contributed by atoms with Crippen molar-refractivity contribution < 1.29 is 14.3 Å². The fraction of sp³-hybridized carbons (Fsp3) is 0.643. The molecular formula is C14H22N2O3S. The summed E-state index contributed by atoms with van der Waals surface area (Å²) < 4.78 is 5.00. The molecule has 1 aromatic heterocycles. The van der Waals surface area contributed by atoms with Gasteiger partial charge in [0.15, 0.2) is 0 Å². The lowest BCUT2D eigenvalue weighted by atomic mass is 9.80. The number of nitrogens with one attached hydrogen (secondary N) is 1. The molecule has 0 spiro atoms. The number of aryl methyl sites for hydroxylation is 1. The number of carbonyl (C=O) groups excluding carboxylic acids is 2. The van der Waals surface area contributed by atoms with Crippen molar-refractivity contribution >= 4 is 23.2 Å². The molecule has 0 aliphatic heterocycles. The van der Waals surface area contributed by atoms with Crippen molar-refractivity contribution in [2.24, 2.45) is 11.3 Å². The van der Waals surface area contributed by atoms with Crippen LogP contribution in [0.1, 0.15) is 38.3 Å². The summed E-state index contributed by atoms with van der Waals surface area (Å²) in [6, 6.07) is 0. The summed E-state index contributed by atoms with van der Waals surface area (Å²) in [4.78, 5) is 29.4. The minimum atomic E-state index is -0.810. The number of aromatic nitrogens is 1. The molecule has 0 saturated heterocycles. The molecule has 1 aromatic rings. The molecule has 1 amide bonds. The number of esters is 1. The first-order valence-corrected chi connectivity index (χ1v) is 7.48. The molecule has 0 aromatic carbocycles. The molecule has 1 N–H and O–H groups in total. The van der Waals surface area contributed by atoms with Crippen LogP contribution in [-0.4, -0.2) is 23.5 Å². The highest BCUT2D eigenvalue weighted by Crippen LogP contribution is 2.27. The largest absolute Gasteiger partial charge is 0.465 e. The zero-order chi connectivity index (χ0) is 15.3. The lowest BCUT2D eigenvalue weighted by Gasteiger charge is -2.27. The van der Waals surface area contributed by atoms with Gasteiger partial charge in [-0.2, -0.15) is 0 Å². The predicted molar refractivity (Wildman–Crippen MR) is 78.3 cm³/mol. The number of ether oxygens (including phenoxy) is 1. The highest BCUT2D eigenvalue weighted by molar-refractivity contribution is 7.09. The van der Waals surface area contributed by atoms with Crippen LogP contribution in [0.25, 0.3) is 0 Å². The first-order valence-electron chi connectivity index (χ1n) is 6.60. The summed E-state index contributed by atoms with van der Waals surface area (Å²) in [5.41, 5.74) is 2.15. The molecule has 6 heteroatoms. The zero-order valence-corrected chi connectivity index (χ0v) is 13.5. The van der Waals surface area contributed by atoms with Crippen LogP contribution in [0.4, 0.5) is 0 Å². The van der Waals surface area contributed by atoms with E-state index in [-0.39, 0.29) is 12.5 Å². The van der Waals surface area contributed by atoms with Gasteiger partial charge in [-0.3, -0.25) is 9.59 Å². The number of carbonyl (C=O) groups is 2. The molecule has 0 aliphatic carbocycles. The third-order valence-electron chi connectivity index (χ3n) is 2.92. The van der Waals surface area contributed by atoms with E-state index in [4.69, 9.17) is 4.74 Å². The lowest BCUT2D eigenvalue weighted by Crippen LogP contribution is -2.43. The van der Waals surface area contributed by atoms with Crippen molar-refractivity contribution in [2.75, 3.05) is 6.61 Å². The third kappa shape index (κ3) is 4.30. The standard InChI is InChI=1S/C14H22N2O3S/c1-6-19-13(18)11(14(3,4)5)12(17)15-7-10-9(2)16-8-20-10/h8,11H,6-7H2,1-5H3,(H,15,17). The van der Waals surface area contributed by atoms with Crippen LogP contribution >= 0.6 is 11.3 Å². The number of hydrogen-bond donors (Lipinski definition) is 1. The molecule has 1 rings (SSSR count). The Labute approximate surface area is 123 Å². The molecule has 1 atom stereocenters.